The lowest BCUT2D eigenvalue weighted by molar-refractivity contribution is -0.161. The van der Waals surface area contributed by atoms with E-state index in [9.17, 15) is 43.2 Å². The van der Waals surface area contributed by atoms with Crippen molar-refractivity contribution in [1.82, 2.24) is 0 Å². The molecule has 0 aliphatic rings. The largest absolute Gasteiger partial charge is 0.472 e. The molecule has 3 N–H and O–H groups in total. The Morgan fingerprint density at radius 2 is 0.551 bits per heavy atom. The van der Waals surface area contributed by atoms with E-state index in [0.717, 1.165) is 109 Å². The summed E-state index contributed by atoms with van der Waals surface area (Å²) in [6.07, 6.45) is 64.5. The molecule has 0 aliphatic heterocycles. The van der Waals surface area contributed by atoms with Crippen molar-refractivity contribution in [3.8, 4) is 0 Å². The van der Waals surface area contributed by atoms with E-state index >= 15 is 0 Å². The first-order valence-electron chi connectivity index (χ1n) is 40.5. The second-order valence-corrected chi connectivity index (χ2v) is 31.2. The number of carbonyl (C=O) groups is 4. The van der Waals surface area contributed by atoms with Crippen molar-refractivity contribution in [2.24, 2.45) is 5.92 Å². The standard InChI is InChI=1S/C79H150O17P2/c1-6-9-12-15-18-21-24-26-28-29-31-35-40-45-50-55-60-65-79(84)96-75(69-90-77(82)63-58-53-48-43-38-36-32-33-37-41-46-51-56-61-72(4)5)71-94-98(87,88)92-67-73(80)66-91-97(85,86)93-70-74(68-89-76(81)62-57-52-47-42-23-20-17-14-11-8-3)95-78(83)64-59-54-49-44-39-34-30-27-25-22-19-16-13-10-7-2/h22,25,27,30,72-75,80H,6-21,23-24,26,28-29,31-71H2,1-5H3,(H,85,86)(H,87,88)/b25-22-,30-27-/t73-,74+,75+/m0/s1. The molecular weight excluding hydrogens is 1280 g/mol. The molecule has 0 saturated heterocycles. The van der Waals surface area contributed by atoms with Gasteiger partial charge in [0.25, 0.3) is 0 Å². The molecule has 578 valence electrons. The number of esters is 4. The monoisotopic (exact) mass is 1430 g/mol. The van der Waals surface area contributed by atoms with E-state index in [2.05, 4.69) is 58.9 Å². The van der Waals surface area contributed by atoms with Gasteiger partial charge in [-0.15, -0.1) is 0 Å². The Labute approximate surface area is 599 Å². The first-order chi connectivity index (χ1) is 47.5. The molecule has 0 heterocycles. The van der Waals surface area contributed by atoms with Gasteiger partial charge in [0.15, 0.2) is 12.2 Å². The predicted octanol–water partition coefficient (Wildman–Crippen LogP) is 23.2. The van der Waals surface area contributed by atoms with Crippen molar-refractivity contribution in [3.63, 3.8) is 0 Å². The maximum atomic E-state index is 13.1. The molecule has 0 aromatic rings. The SMILES string of the molecule is CCCCCC/C=C\C=C/CCCCCCCC(=O)O[C@H](COC(=O)CCCCCCCCCCCC)COP(=O)(O)OC[C@H](O)COP(=O)(O)OC[C@@H](COC(=O)CCCCCCCCCCCCCCCC(C)C)OC(=O)CCCCCCCCCCCCCCCCCCC. The number of allylic oxidation sites excluding steroid dienone is 4. The number of unbranched alkanes of at least 4 members (excludes halogenated alkanes) is 46. The van der Waals surface area contributed by atoms with Crippen LogP contribution in [0.5, 0.6) is 0 Å². The Kier molecular flexibility index (Phi) is 69.7. The minimum absolute atomic E-state index is 0.0855. The van der Waals surface area contributed by atoms with Crippen molar-refractivity contribution < 1.29 is 80.2 Å². The van der Waals surface area contributed by atoms with Gasteiger partial charge in [-0.3, -0.25) is 37.3 Å². The highest BCUT2D eigenvalue weighted by molar-refractivity contribution is 7.47. The highest BCUT2D eigenvalue weighted by Crippen LogP contribution is 2.45. The van der Waals surface area contributed by atoms with Gasteiger partial charge in [0, 0.05) is 25.7 Å². The number of phosphoric acid groups is 2. The summed E-state index contributed by atoms with van der Waals surface area (Å²) in [5, 5.41) is 10.6. The zero-order valence-electron chi connectivity index (χ0n) is 63.4. The zero-order valence-corrected chi connectivity index (χ0v) is 65.2. The fraction of sp³-hybridized carbons (Fsp3) is 0.899. The third kappa shape index (κ3) is 71.9. The normalized spacial score (nSPS) is 14.1. The molecule has 2 unspecified atom stereocenters. The maximum absolute atomic E-state index is 13.1. The van der Waals surface area contributed by atoms with Crippen LogP contribution >= 0.6 is 15.6 Å². The second kappa shape index (κ2) is 71.5. The molecule has 0 fully saturated rings. The van der Waals surface area contributed by atoms with Crippen molar-refractivity contribution in [3.05, 3.63) is 24.3 Å². The van der Waals surface area contributed by atoms with Gasteiger partial charge in [-0.25, -0.2) is 9.13 Å². The van der Waals surface area contributed by atoms with E-state index in [1.165, 1.54) is 205 Å². The van der Waals surface area contributed by atoms with Crippen LogP contribution in [-0.2, 0) is 65.4 Å². The Bertz CT molecular complexity index is 1970. The summed E-state index contributed by atoms with van der Waals surface area (Å²) in [6, 6.07) is 0. The van der Waals surface area contributed by atoms with Crippen LogP contribution in [0.25, 0.3) is 0 Å². The molecular formula is C79H150O17P2. The van der Waals surface area contributed by atoms with Gasteiger partial charge < -0.3 is 33.8 Å². The van der Waals surface area contributed by atoms with Crippen LogP contribution in [0, 0.1) is 5.92 Å². The molecule has 98 heavy (non-hydrogen) atoms. The van der Waals surface area contributed by atoms with Gasteiger partial charge in [-0.05, 0) is 57.3 Å². The van der Waals surface area contributed by atoms with Crippen LogP contribution in [0.4, 0.5) is 0 Å². The number of aliphatic hydroxyl groups excluding tert-OH is 1. The zero-order chi connectivity index (χ0) is 71.9. The van der Waals surface area contributed by atoms with E-state index in [1.54, 1.807) is 0 Å². The minimum Gasteiger partial charge on any atom is -0.462 e. The summed E-state index contributed by atoms with van der Waals surface area (Å²) in [7, 11) is -9.93. The smallest absolute Gasteiger partial charge is 0.462 e. The van der Waals surface area contributed by atoms with Gasteiger partial charge in [0.2, 0.25) is 0 Å². The summed E-state index contributed by atoms with van der Waals surface area (Å²) >= 11 is 0. The van der Waals surface area contributed by atoms with Crippen LogP contribution in [0.15, 0.2) is 24.3 Å². The maximum Gasteiger partial charge on any atom is 0.472 e. The molecule has 17 nitrogen and oxygen atoms in total. The molecule has 0 spiro atoms. The van der Waals surface area contributed by atoms with E-state index < -0.39 is 97.5 Å². The van der Waals surface area contributed by atoms with Crippen LogP contribution in [0.3, 0.4) is 0 Å². The summed E-state index contributed by atoms with van der Waals surface area (Å²) in [6.45, 7) is 7.26. The molecule has 0 saturated carbocycles. The number of carbonyl (C=O) groups excluding carboxylic acids is 4. The summed E-state index contributed by atoms with van der Waals surface area (Å²) in [5.74, 6) is -1.35. The van der Waals surface area contributed by atoms with E-state index in [0.29, 0.717) is 25.7 Å². The van der Waals surface area contributed by atoms with Crippen LogP contribution < -0.4 is 0 Å². The number of rotatable bonds is 77. The molecule has 0 rings (SSSR count). The minimum atomic E-state index is -4.96. The van der Waals surface area contributed by atoms with Gasteiger partial charge in [0.05, 0.1) is 26.4 Å². The van der Waals surface area contributed by atoms with E-state index in [1.807, 2.05) is 0 Å². The summed E-state index contributed by atoms with van der Waals surface area (Å²) in [5.41, 5.74) is 0. The number of aliphatic hydroxyl groups is 1. The lowest BCUT2D eigenvalue weighted by Crippen LogP contribution is -2.30. The molecule has 0 aromatic carbocycles. The molecule has 0 aromatic heterocycles. The van der Waals surface area contributed by atoms with E-state index in [4.69, 9.17) is 37.0 Å². The van der Waals surface area contributed by atoms with Gasteiger partial charge in [-0.2, -0.15) is 0 Å². The fourth-order valence-electron chi connectivity index (χ4n) is 11.7. The highest BCUT2D eigenvalue weighted by Gasteiger charge is 2.30. The Balaban J connectivity index is 5.28. The number of hydrogen-bond acceptors (Lipinski definition) is 15. The summed E-state index contributed by atoms with van der Waals surface area (Å²) < 4.78 is 68.6. The van der Waals surface area contributed by atoms with Crippen LogP contribution in [0.2, 0.25) is 0 Å². The fourth-order valence-corrected chi connectivity index (χ4v) is 13.3. The lowest BCUT2D eigenvalue weighted by Gasteiger charge is -2.21. The lowest BCUT2D eigenvalue weighted by atomic mass is 10.0. The van der Waals surface area contributed by atoms with Crippen molar-refractivity contribution in [2.75, 3.05) is 39.6 Å². The quantitative estimate of drug-likeness (QED) is 0.0169. The molecule has 0 radical (unpaired) electrons. The Hall–Kier alpha value is -2.46. The van der Waals surface area contributed by atoms with Gasteiger partial charge in [0.1, 0.15) is 19.3 Å². The Morgan fingerprint density at radius 1 is 0.316 bits per heavy atom. The topological polar surface area (TPSA) is 237 Å². The first kappa shape index (κ1) is 95.5. The first-order valence-corrected chi connectivity index (χ1v) is 43.4. The average Bonchev–Trinajstić information content (AvgIpc) is 1.04. The molecule has 19 heteroatoms. The molecule has 5 atom stereocenters. The predicted molar refractivity (Wildman–Crippen MR) is 400 cm³/mol. The van der Waals surface area contributed by atoms with Crippen LogP contribution in [0.1, 0.15) is 394 Å². The van der Waals surface area contributed by atoms with E-state index in [-0.39, 0.29) is 25.7 Å². The third-order valence-electron chi connectivity index (χ3n) is 17.9. The van der Waals surface area contributed by atoms with Gasteiger partial charge >= 0.3 is 39.5 Å². The second-order valence-electron chi connectivity index (χ2n) is 28.2. The highest BCUT2D eigenvalue weighted by atomic mass is 31.2. The number of ether oxygens (including phenoxy) is 4. The number of phosphoric ester groups is 2. The molecule has 0 aliphatic carbocycles. The number of hydrogen-bond donors (Lipinski definition) is 3. The average molecular weight is 1430 g/mol. The summed E-state index contributed by atoms with van der Waals surface area (Å²) in [4.78, 5) is 72.9. The van der Waals surface area contributed by atoms with Crippen molar-refractivity contribution >= 4 is 39.5 Å². The third-order valence-corrected chi connectivity index (χ3v) is 19.8. The van der Waals surface area contributed by atoms with Crippen LogP contribution in [-0.4, -0.2) is 96.7 Å². The molecule has 0 bridgehead atoms. The van der Waals surface area contributed by atoms with Crippen molar-refractivity contribution in [1.29, 1.82) is 0 Å². The Morgan fingerprint density at radius 3 is 0.837 bits per heavy atom. The molecule has 0 amide bonds. The van der Waals surface area contributed by atoms with Gasteiger partial charge in [-0.1, -0.05) is 341 Å². The van der Waals surface area contributed by atoms with Crippen molar-refractivity contribution in [2.45, 2.75) is 412 Å².